The number of rotatable bonds is 7. The van der Waals surface area contributed by atoms with Gasteiger partial charge in [0.05, 0.1) is 6.61 Å². The Labute approximate surface area is 104 Å². The normalized spacial score (nSPS) is 12.5. The van der Waals surface area contributed by atoms with E-state index >= 15 is 0 Å². The summed E-state index contributed by atoms with van der Waals surface area (Å²) in [6.45, 7) is 4.92. The molecule has 0 aliphatic rings. The van der Waals surface area contributed by atoms with Gasteiger partial charge in [-0.2, -0.15) is 0 Å². The highest BCUT2D eigenvalue weighted by Gasteiger charge is 2.12. The minimum Gasteiger partial charge on any atom is -0.494 e. The maximum Gasteiger partial charge on any atom is 0.124 e. The van der Waals surface area contributed by atoms with Crippen molar-refractivity contribution in [2.45, 2.75) is 39.2 Å². The van der Waals surface area contributed by atoms with Crippen LogP contribution in [-0.2, 0) is 0 Å². The van der Waals surface area contributed by atoms with E-state index in [4.69, 9.17) is 15.6 Å². The smallest absolute Gasteiger partial charge is 0.124 e. The third kappa shape index (κ3) is 4.36. The van der Waals surface area contributed by atoms with Gasteiger partial charge in [-0.25, -0.2) is 0 Å². The minimum atomic E-state index is -0.0111. The molecule has 1 unspecified atom stereocenters. The van der Waals surface area contributed by atoms with Gasteiger partial charge in [-0.3, -0.25) is 0 Å². The van der Waals surface area contributed by atoms with Gasteiger partial charge in [0.15, 0.2) is 0 Å². The van der Waals surface area contributed by atoms with E-state index in [1.807, 2.05) is 19.1 Å². The highest BCUT2D eigenvalue weighted by molar-refractivity contribution is 5.39. The molecule has 0 radical (unpaired) electrons. The van der Waals surface area contributed by atoms with Gasteiger partial charge in [0, 0.05) is 18.2 Å². The standard InChI is InChI=1S/C14H23NO2/c1-3-17-14-8-7-11(2)10-12(14)13(15)6-4-5-9-16/h7-8,10,13,16H,3-6,9,15H2,1-2H3. The summed E-state index contributed by atoms with van der Waals surface area (Å²) < 4.78 is 5.59. The SMILES string of the molecule is CCOc1ccc(C)cc1C(N)CCCCO. The number of aryl methyl sites for hydroxylation is 1. The summed E-state index contributed by atoms with van der Waals surface area (Å²) >= 11 is 0. The maximum atomic E-state index is 8.77. The van der Waals surface area contributed by atoms with Gasteiger partial charge >= 0.3 is 0 Å². The van der Waals surface area contributed by atoms with E-state index in [1.54, 1.807) is 0 Å². The lowest BCUT2D eigenvalue weighted by Crippen LogP contribution is -2.12. The molecule has 3 nitrogen and oxygen atoms in total. The van der Waals surface area contributed by atoms with E-state index in [2.05, 4.69) is 13.0 Å². The first-order valence-electron chi connectivity index (χ1n) is 6.28. The van der Waals surface area contributed by atoms with Crippen LogP contribution >= 0.6 is 0 Å². The van der Waals surface area contributed by atoms with Crippen LogP contribution in [0.5, 0.6) is 5.75 Å². The van der Waals surface area contributed by atoms with Crippen LogP contribution in [0.3, 0.4) is 0 Å². The first kappa shape index (κ1) is 14.0. The Morgan fingerprint density at radius 2 is 2.12 bits per heavy atom. The average molecular weight is 237 g/mol. The van der Waals surface area contributed by atoms with Crippen molar-refractivity contribution in [3.8, 4) is 5.75 Å². The summed E-state index contributed by atoms with van der Waals surface area (Å²) in [4.78, 5) is 0. The molecule has 1 atom stereocenters. The van der Waals surface area contributed by atoms with Crippen LogP contribution in [0, 0.1) is 6.92 Å². The summed E-state index contributed by atoms with van der Waals surface area (Å²) in [5.41, 5.74) is 8.44. The van der Waals surface area contributed by atoms with Crippen molar-refractivity contribution >= 4 is 0 Å². The van der Waals surface area contributed by atoms with Gasteiger partial charge in [0.25, 0.3) is 0 Å². The van der Waals surface area contributed by atoms with Crippen molar-refractivity contribution in [1.29, 1.82) is 0 Å². The van der Waals surface area contributed by atoms with Crippen molar-refractivity contribution in [1.82, 2.24) is 0 Å². The average Bonchev–Trinajstić information content (AvgIpc) is 2.32. The fourth-order valence-electron chi connectivity index (χ4n) is 1.88. The summed E-state index contributed by atoms with van der Waals surface area (Å²) in [6, 6.07) is 6.10. The molecule has 3 heteroatoms. The largest absolute Gasteiger partial charge is 0.494 e. The number of hydrogen-bond donors (Lipinski definition) is 2. The van der Waals surface area contributed by atoms with Crippen molar-refractivity contribution < 1.29 is 9.84 Å². The van der Waals surface area contributed by atoms with Crippen molar-refractivity contribution in [3.63, 3.8) is 0 Å². The number of aliphatic hydroxyl groups excluding tert-OH is 1. The van der Waals surface area contributed by atoms with Crippen LogP contribution in [0.15, 0.2) is 18.2 Å². The Balaban J connectivity index is 2.74. The van der Waals surface area contributed by atoms with E-state index in [0.29, 0.717) is 6.61 Å². The molecule has 0 aliphatic heterocycles. The van der Waals surface area contributed by atoms with Crippen LogP contribution in [0.25, 0.3) is 0 Å². The number of nitrogens with two attached hydrogens (primary N) is 1. The topological polar surface area (TPSA) is 55.5 Å². The fraction of sp³-hybridized carbons (Fsp3) is 0.571. The Hall–Kier alpha value is -1.06. The van der Waals surface area contributed by atoms with Gasteiger partial charge in [-0.05, 0) is 39.2 Å². The van der Waals surface area contributed by atoms with Crippen LogP contribution in [0.2, 0.25) is 0 Å². The van der Waals surface area contributed by atoms with Gasteiger partial charge in [-0.1, -0.05) is 17.7 Å². The van der Waals surface area contributed by atoms with Crippen LogP contribution in [-0.4, -0.2) is 18.3 Å². The van der Waals surface area contributed by atoms with Crippen LogP contribution in [0.1, 0.15) is 43.4 Å². The Morgan fingerprint density at radius 3 is 2.76 bits per heavy atom. The lowest BCUT2D eigenvalue weighted by atomic mass is 9.99. The second-order valence-electron chi connectivity index (χ2n) is 4.30. The molecule has 96 valence electrons. The Kier molecular flexibility index (Phi) is 6.01. The van der Waals surface area contributed by atoms with Gasteiger partial charge in [0.2, 0.25) is 0 Å². The van der Waals surface area contributed by atoms with Gasteiger partial charge < -0.3 is 15.6 Å². The van der Waals surface area contributed by atoms with E-state index in [0.717, 1.165) is 30.6 Å². The number of unbranched alkanes of at least 4 members (excludes halogenated alkanes) is 1. The molecule has 0 amide bonds. The van der Waals surface area contributed by atoms with Crippen LogP contribution < -0.4 is 10.5 Å². The number of ether oxygens (including phenoxy) is 1. The lowest BCUT2D eigenvalue weighted by molar-refractivity contribution is 0.281. The molecular weight excluding hydrogens is 214 g/mol. The third-order valence-electron chi connectivity index (χ3n) is 2.79. The first-order valence-corrected chi connectivity index (χ1v) is 6.28. The van der Waals surface area contributed by atoms with Crippen LogP contribution in [0.4, 0.5) is 0 Å². The van der Waals surface area contributed by atoms with Gasteiger partial charge in [0.1, 0.15) is 5.75 Å². The Morgan fingerprint density at radius 1 is 1.35 bits per heavy atom. The molecule has 0 heterocycles. The summed E-state index contributed by atoms with van der Waals surface area (Å²) in [6.07, 6.45) is 2.63. The molecule has 0 saturated carbocycles. The maximum absolute atomic E-state index is 8.77. The predicted octanol–water partition coefficient (Wildman–Crippen LogP) is 2.56. The quantitative estimate of drug-likeness (QED) is 0.717. The predicted molar refractivity (Wildman–Crippen MR) is 70.2 cm³/mol. The highest BCUT2D eigenvalue weighted by Crippen LogP contribution is 2.28. The third-order valence-corrected chi connectivity index (χ3v) is 2.79. The summed E-state index contributed by atoms with van der Waals surface area (Å²) in [5, 5.41) is 8.77. The molecule has 0 spiro atoms. The second-order valence-corrected chi connectivity index (χ2v) is 4.30. The van der Waals surface area contributed by atoms with E-state index in [1.165, 1.54) is 5.56 Å². The minimum absolute atomic E-state index is 0.0111. The fourth-order valence-corrected chi connectivity index (χ4v) is 1.88. The summed E-state index contributed by atoms with van der Waals surface area (Å²) in [7, 11) is 0. The zero-order valence-electron chi connectivity index (χ0n) is 10.8. The van der Waals surface area contributed by atoms with Crippen molar-refractivity contribution in [2.75, 3.05) is 13.2 Å². The van der Waals surface area contributed by atoms with Crippen molar-refractivity contribution in [3.05, 3.63) is 29.3 Å². The molecular formula is C14H23NO2. The van der Waals surface area contributed by atoms with Gasteiger partial charge in [-0.15, -0.1) is 0 Å². The molecule has 0 saturated heterocycles. The highest BCUT2D eigenvalue weighted by atomic mass is 16.5. The zero-order valence-corrected chi connectivity index (χ0v) is 10.8. The van der Waals surface area contributed by atoms with E-state index in [9.17, 15) is 0 Å². The molecule has 1 aromatic rings. The number of aliphatic hydroxyl groups is 1. The zero-order chi connectivity index (χ0) is 12.7. The van der Waals surface area contributed by atoms with E-state index < -0.39 is 0 Å². The molecule has 1 aromatic carbocycles. The number of benzene rings is 1. The summed E-state index contributed by atoms with van der Waals surface area (Å²) in [5.74, 6) is 0.884. The number of hydrogen-bond acceptors (Lipinski definition) is 3. The molecule has 3 N–H and O–H groups in total. The lowest BCUT2D eigenvalue weighted by Gasteiger charge is -2.17. The second kappa shape index (κ2) is 7.30. The monoisotopic (exact) mass is 237 g/mol. The molecule has 1 rings (SSSR count). The van der Waals surface area contributed by atoms with E-state index in [-0.39, 0.29) is 12.6 Å². The molecule has 0 aliphatic carbocycles. The van der Waals surface area contributed by atoms with Crippen molar-refractivity contribution in [2.24, 2.45) is 5.73 Å². The Bertz CT molecular complexity index is 339. The first-order chi connectivity index (χ1) is 8.19. The molecule has 0 aromatic heterocycles. The molecule has 0 fully saturated rings. The molecule has 17 heavy (non-hydrogen) atoms. The molecule has 0 bridgehead atoms.